The number of fused-ring (bicyclic) bond motifs is 2. The predicted octanol–water partition coefficient (Wildman–Crippen LogP) is 11.2. The molecule has 0 saturated heterocycles. The summed E-state index contributed by atoms with van der Waals surface area (Å²) < 4.78 is 0. The van der Waals surface area contributed by atoms with E-state index in [0.717, 1.165) is 59.2 Å². The van der Waals surface area contributed by atoms with Crippen molar-refractivity contribution in [2.24, 2.45) is 59.2 Å². The van der Waals surface area contributed by atoms with Crippen molar-refractivity contribution in [3.63, 3.8) is 0 Å². The number of hydrogen-bond donors (Lipinski definition) is 0. The standard InChI is InChI=1S/C35H62/c1-3-5-6-7-9-27-11-13-35-25-33(21-19-31(35)23-27)29-16-14-28(15-17-29)32-20-18-30-22-26(8-4-2)10-12-34(30)24-32/h26-35H,3-25H2,1-2H3. The molecule has 5 aliphatic rings. The van der Waals surface area contributed by atoms with E-state index >= 15 is 0 Å². The Hall–Kier alpha value is 0. The molecule has 202 valence electrons. The minimum atomic E-state index is 1.09. The molecular weight excluding hydrogens is 420 g/mol. The monoisotopic (exact) mass is 482 g/mol. The maximum Gasteiger partial charge on any atom is -0.0383 e. The highest BCUT2D eigenvalue weighted by molar-refractivity contribution is 4.92. The lowest BCUT2D eigenvalue weighted by Gasteiger charge is -2.47. The van der Waals surface area contributed by atoms with Crippen LogP contribution >= 0.6 is 0 Å². The van der Waals surface area contributed by atoms with Gasteiger partial charge in [0.2, 0.25) is 0 Å². The summed E-state index contributed by atoms with van der Waals surface area (Å²) in [6.45, 7) is 4.74. The van der Waals surface area contributed by atoms with Crippen LogP contribution < -0.4 is 0 Å². The van der Waals surface area contributed by atoms with Crippen LogP contribution in [0, 0.1) is 59.2 Å². The summed E-state index contributed by atoms with van der Waals surface area (Å²) >= 11 is 0. The van der Waals surface area contributed by atoms with Crippen molar-refractivity contribution in [2.45, 2.75) is 162 Å². The summed E-state index contributed by atoms with van der Waals surface area (Å²) in [5.41, 5.74) is 0. The highest BCUT2D eigenvalue weighted by Gasteiger charge is 2.41. The Morgan fingerprint density at radius 2 is 0.743 bits per heavy atom. The van der Waals surface area contributed by atoms with E-state index in [1.54, 1.807) is 109 Å². The molecule has 0 amide bonds. The first-order valence-electron chi connectivity index (χ1n) is 17.2. The van der Waals surface area contributed by atoms with Crippen molar-refractivity contribution in [1.82, 2.24) is 0 Å². The molecule has 5 rings (SSSR count). The SMILES string of the molecule is CCCCCCC1CCC2CC(C3CCC(C4CCC5CC(CCC)CCC5C4)CC3)CCC2C1. The van der Waals surface area contributed by atoms with Crippen LogP contribution in [-0.4, -0.2) is 0 Å². The number of rotatable bonds is 9. The van der Waals surface area contributed by atoms with Crippen LogP contribution in [-0.2, 0) is 0 Å². The zero-order chi connectivity index (χ0) is 24.0. The van der Waals surface area contributed by atoms with Crippen molar-refractivity contribution in [1.29, 1.82) is 0 Å². The van der Waals surface area contributed by atoms with Gasteiger partial charge in [0.25, 0.3) is 0 Å². The van der Waals surface area contributed by atoms with E-state index in [0.29, 0.717) is 0 Å². The van der Waals surface area contributed by atoms with Crippen LogP contribution in [0.25, 0.3) is 0 Å². The van der Waals surface area contributed by atoms with Crippen LogP contribution in [0.3, 0.4) is 0 Å². The summed E-state index contributed by atoms with van der Waals surface area (Å²) in [5, 5.41) is 0. The van der Waals surface area contributed by atoms with E-state index in [9.17, 15) is 0 Å². The molecule has 0 aliphatic heterocycles. The minimum absolute atomic E-state index is 1.09. The molecule has 5 fully saturated rings. The highest BCUT2D eigenvalue weighted by atomic mass is 14.5. The second-order valence-electron chi connectivity index (χ2n) is 14.9. The normalized spacial score (nSPS) is 44.4. The van der Waals surface area contributed by atoms with Gasteiger partial charge in [0, 0.05) is 0 Å². The largest absolute Gasteiger partial charge is 0.0654 e. The lowest BCUT2D eigenvalue weighted by atomic mass is 9.58. The van der Waals surface area contributed by atoms with Gasteiger partial charge in [-0.05, 0) is 149 Å². The van der Waals surface area contributed by atoms with Gasteiger partial charge in [0.05, 0.1) is 0 Å². The lowest BCUT2D eigenvalue weighted by molar-refractivity contribution is 0.0347. The van der Waals surface area contributed by atoms with Gasteiger partial charge in [-0.2, -0.15) is 0 Å². The minimum Gasteiger partial charge on any atom is -0.0654 e. The molecule has 8 atom stereocenters. The summed E-state index contributed by atoms with van der Waals surface area (Å²) in [5.74, 6) is 11.1. The third-order valence-corrected chi connectivity index (χ3v) is 12.8. The van der Waals surface area contributed by atoms with Crippen molar-refractivity contribution in [2.75, 3.05) is 0 Å². The molecule has 0 heterocycles. The number of unbranched alkanes of at least 4 members (excludes halogenated alkanes) is 3. The molecule has 0 bridgehead atoms. The molecule has 0 aromatic heterocycles. The van der Waals surface area contributed by atoms with Crippen LogP contribution in [0.5, 0.6) is 0 Å². The highest BCUT2D eigenvalue weighted by Crippen LogP contribution is 2.53. The third-order valence-electron chi connectivity index (χ3n) is 12.8. The Morgan fingerprint density at radius 1 is 0.343 bits per heavy atom. The fourth-order valence-electron chi connectivity index (χ4n) is 10.8. The van der Waals surface area contributed by atoms with Gasteiger partial charge in [-0.25, -0.2) is 0 Å². The second kappa shape index (κ2) is 13.2. The Labute approximate surface area is 220 Å². The van der Waals surface area contributed by atoms with E-state index in [4.69, 9.17) is 0 Å². The smallest absolute Gasteiger partial charge is 0.0383 e. The van der Waals surface area contributed by atoms with Gasteiger partial charge < -0.3 is 0 Å². The predicted molar refractivity (Wildman–Crippen MR) is 152 cm³/mol. The molecule has 0 heteroatoms. The van der Waals surface area contributed by atoms with Gasteiger partial charge >= 0.3 is 0 Å². The molecule has 0 N–H and O–H groups in total. The summed E-state index contributed by atoms with van der Waals surface area (Å²) in [6, 6.07) is 0. The maximum atomic E-state index is 2.39. The van der Waals surface area contributed by atoms with Gasteiger partial charge in [-0.15, -0.1) is 0 Å². The molecule has 0 radical (unpaired) electrons. The van der Waals surface area contributed by atoms with Crippen molar-refractivity contribution in [3.05, 3.63) is 0 Å². The average Bonchev–Trinajstić information content (AvgIpc) is 2.91. The van der Waals surface area contributed by atoms with E-state index < -0.39 is 0 Å². The molecule has 0 aromatic rings. The van der Waals surface area contributed by atoms with Crippen molar-refractivity contribution < 1.29 is 0 Å². The quantitative estimate of drug-likeness (QED) is 0.287. The Bertz CT molecular complexity index is 599. The van der Waals surface area contributed by atoms with Gasteiger partial charge in [0.15, 0.2) is 0 Å². The fraction of sp³-hybridized carbons (Fsp3) is 1.00. The molecule has 0 aromatic carbocycles. The molecule has 5 saturated carbocycles. The Morgan fingerprint density at radius 3 is 1.23 bits per heavy atom. The van der Waals surface area contributed by atoms with Gasteiger partial charge in [-0.3, -0.25) is 0 Å². The summed E-state index contributed by atoms with van der Waals surface area (Å²) in [4.78, 5) is 0. The lowest BCUT2D eigenvalue weighted by Crippen LogP contribution is -2.37. The average molecular weight is 483 g/mol. The first kappa shape index (κ1) is 26.6. The molecule has 0 spiro atoms. The van der Waals surface area contributed by atoms with Crippen LogP contribution in [0.2, 0.25) is 0 Å². The van der Waals surface area contributed by atoms with E-state index in [2.05, 4.69) is 13.8 Å². The maximum absolute atomic E-state index is 2.39. The van der Waals surface area contributed by atoms with Crippen molar-refractivity contribution >= 4 is 0 Å². The summed E-state index contributed by atoms with van der Waals surface area (Å²) in [7, 11) is 0. The van der Waals surface area contributed by atoms with Crippen LogP contribution in [0.4, 0.5) is 0 Å². The third kappa shape index (κ3) is 6.91. The molecular formula is C35H62. The van der Waals surface area contributed by atoms with Crippen LogP contribution in [0.15, 0.2) is 0 Å². The number of hydrogen-bond acceptors (Lipinski definition) is 0. The first-order chi connectivity index (χ1) is 17.2. The van der Waals surface area contributed by atoms with E-state index in [1.807, 2.05) is 0 Å². The Balaban J connectivity index is 1.01. The zero-order valence-corrected chi connectivity index (χ0v) is 24.0. The van der Waals surface area contributed by atoms with Crippen molar-refractivity contribution in [3.8, 4) is 0 Å². The summed E-state index contributed by atoms with van der Waals surface area (Å²) in [6.07, 6.45) is 36.0. The van der Waals surface area contributed by atoms with Crippen LogP contribution in [0.1, 0.15) is 162 Å². The zero-order valence-electron chi connectivity index (χ0n) is 24.0. The fourth-order valence-corrected chi connectivity index (χ4v) is 10.8. The second-order valence-corrected chi connectivity index (χ2v) is 14.9. The molecule has 35 heavy (non-hydrogen) atoms. The topological polar surface area (TPSA) is 0 Å². The molecule has 0 nitrogen and oxygen atoms in total. The van der Waals surface area contributed by atoms with Gasteiger partial charge in [-0.1, -0.05) is 71.6 Å². The first-order valence-corrected chi connectivity index (χ1v) is 17.2. The molecule has 5 aliphatic carbocycles. The Kier molecular flexibility index (Phi) is 10.0. The van der Waals surface area contributed by atoms with E-state index in [1.165, 1.54) is 38.5 Å². The van der Waals surface area contributed by atoms with Gasteiger partial charge in [0.1, 0.15) is 0 Å². The van der Waals surface area contributed by atoms with E-state index in [-0.39, 0.29) is 0 Å². The molecule has 8 unspecified atom stereocenters.